The van der Waals surface area contributed by atoms with Crippen molar-refractivity contribution in [3.8, 4) is 17.1 Å². The van der Waals surface area contributed by atoms with Crippen molar-refractivity contribution in [1.29, 1.82) is 0 Å². The van der Waals surface area contributed by atoms with Gasteiger partial charge in [0.25, 0.3) is 0 Å². The fraction of sp³-hybridized carbons (Fsp3) is 0.417. The van der Waals surface area contributed by atoms with E-state index in [2.05, 4.69) is 22.0 Å². The Kier molecular flexibility index (Phi) is 3.45. The first-order valence-corrected chi connectivity index (χ1v) is 5.85. The summed E-state index contributed by atoms with van der Waals surface area (Å²) >= 11 is 0. The molecule has 0 radical (unpaired) electrons. The van der Waals surface area contributed by atoms with Crippen molar-refractivity contribution in [3.05, 3.63) is 18.0 Å². The van der Waals surface area contributed by atoms with Gasteiger partial charge in [0.15, 0.2) is 0 Å². The van der Waals surface area contributed by atoms with Crippen molar-refractivity contribution in [2.45, 2.75) is 19.8 Å². The number of nitrogens with two attached hydrogens (primary N) is 1. The average Bonchev–Trinajstić information content (AvgIpc) is 2.70. The number of nitrogen functional groups attached to an aromatic ring is 1. The zero-order valence-corrected chi connectivity index (χ0v) is 10.8. The van der Waals surface area contributed by atoms with E-state index in [9.17, 15) is 0 Å². The first-order chi connectivity index (χ1) is 8.63. The van der Waals surface area contributed by atoms with E-state index in [1.165, 1.54) is 0 Å². The highest BCUT2D eigenvalue weighted by Crippen LogP contribution is 2.25. The average molecular weight is 247 g/mol. The van der Waals surface area contributed by atoms with E-state index < -0.39 is 0 Å². The molecule has 2 rings (SSSR count). The highest BCUT2D eigenvalue weighted by Gasteiger charge is 2.12. The number of nitrogens with zero attached hydrogens (tertiary/aromatic N) is 4. The van der Waals surface area contributed by atoms with Gasteiger partial charge in [-0.3, -0.25) is 4.68 Å². The second-order valence-electron chi connectivity index (χ2n) is 4.07. The van der Waals surface area contributed by atoms with E-state index >= 15 is 0 Å². The van der Waals surface area contributed by atoms with Crippen LogP contribution >= 0.6 is 0 Å². The molecule has 6 nitrogen and oxygen atoms in total. The lowest BCUT2D eigenvalue weighted by molar-refractivity contribution is 0.398. The third-order valence-corrected chi connectivity index (χ3v) is 2.60. The van der Waals surface area contributed by atoms with Crippen LogP contribution < -0.4 is 10.5 Å². The lowest BCUT2D eigenvalue weighted by Gasteiger charge is -2.04. The molecule has 0 saturated heterocycles. The summed E-state index contributed by atoms with van der Waals surface area (Å²) in [6, 6.07) is 1.77. The van der Waals surface area contributed by atoms with Crippen molar-refractivity contribution in [3.63, 3.8) is 0 Å². The molecule has 0 spiro atoms. The zero-order chi connectivity index (χ0) is 13.1. The molecule has 0 atom stereocenters. The van der Waals surface area contributed by atoms with Crippen LogP contribution in [0.1, 0.15) is 19.0 Å². The van der Waals surface area contributed by atoms with E-state index in [0.29, 0.717) is 5.88 Å². The smallest absolute Gasteiger partial charge is 0.223 e. The maximum atomic E-state index is 5.67. The van der Waals surface area contributed by atoms with E-state index in [-0.39, 0.29) is 5.95 Å². The first-order valence-electron chi connectivity index (χ1n) is 5.85. The van der Waals surface area contributed by atoms with Gasteiger partial charge in [-0.15, -0.1) is 0 Å². The highest BCUT2D eigenvalue weighted by molar-refractivity contribution is 5.63. The summed E-state index contributed by atoms with van der Waals surface area (Å²) in [6.07, 6.45) is 3.87. The summed E-state index contributed by atoms with van der Waals surface area (Å²) in [4.78, 5) is 8.22. The van der Waals surface area contributed by atoms with Crippen LogP contribution in [0.2, 0.25) is 0 Å². The van der Waals surface area contributed by atoms with Crippen molar-refractivity contribution in [2.24, 2.45) is 7.05 Å². The van der Waals surface area contributed by atoms with Crippen LogP contribution in [-0.4, -0.2) is 26.9 Å². The largest absolute Gasteiger partial charge is 0.481 e. The number of rotatable bonds is 4. The maximum absolute atomic E-state index is 5.67. The molecule has 2 aromatic rings. The van der Waals surface area contributed by atoms with E-state index in [0.717, 1.165) is 29.8 Å². The monoisotopic (exact) mass is 247 g/mol. The Morgan fingerprint density at radius 3 is 2.83 bits per heavy atom. The van der Waals surface area contributed by atoms with Crippen LogP contribution in [0, 0.1) is 0 Å². The molecule has 2 aromatic heterocycles. The lowest BCUT2D eigenvalue weighted by atomic mass is 10.1. The molecule has 96 valence electrons. The molecule has 0 unspecified atom stereocenters. The molecule has 0 bridgehead atoms. The fourth-order valence-corrected chi connectivity index (χ4v) is 1.86. The van der Waals surface area contributed by atoms with Gasteiger partial charge in [-0.05, 0) is 6.42 Å². The fourth-order valence-electron chi connectivity index (χ4n) is 1.86. The Morgan fingerprint density at radius 2 is 2.17 bits per heavy atom. The number of ether oxygens (including phenoxy) is 1. The van der Waals surface area contributed by atoms with E-state index in [1.807, 2.05) is 13.2 Å². The van der Waals surface area contributed by atoms with Crippen LogP contribution in [-0.2, 0) is 13.5 Å². The molecule has 2 heterocycles. The van der Waals surface area contributed by atoms with Crippen molar-refractivity contribution in [2.75, 3.05) is 12.8 Å². The van der Waals surface area contributed by atoms with Gasteiger partial charge in [-0.2, -0.15) is 10.1 Å². The van der Waals surface area contributed by atoms with Crippen molar-refractivity contribution in [1.82, 2.24) is 19.7 Å². The van der Waals surface area contributed by atoms with Gasteiger partial charge in [-0.1, -0.05) is 13.3 Å². The Hall–Kier alpha value is -2.11. The Balaban J connectivity index is 2.50. The molecule has 0 aromatic carbocycles. The molecule has 0 saturated carbocycles. The molecule has 6 heteroatoms. The predicted octanol–water partition coefficient (Wildman–Crippen LogP) is 1.42. The number of methoxy groups -OCH3 is 1. The van der Waals surface area contributed by atoms with Gasteiger partial charge in [0.1, 0.15) is 0 Å². The third kappa shape index (κ3) is 2.42. The number of anilines is 1. The Labute approximate surface area is 106 Å². The standard InChI is InChI=1S/C12H17N5O/c1-4-5-9-8(7-17(2)16-9)10-6-11(18-3)15-12(13)14-10/h6-7H,4-5H2,1-3H3,(H2,13,14,15). The van der Waals surface area contributed by atoms with Gasteiger partial charge in [-0.25, -0.2) is 4.98 Å². The number of hydrogen-bond acceptors (Lipinski definition) is 5. The topological polar surface area (TPSA) is 78.8 Å². The molecule has 0 aliphatic carbocycles. The summed E-state index contributed by atoms with van der Waals surface area (Å²) in [7, 11) is 3.45. The molecular formula is C12H17N5O. The second kappa shape index (κ2) is 5.03. The molecule has 0 aliphatic rings. The summed E-state index contributed by atoms with van der Waals surface area (Å²) in [6.45, 7) is 2.12. The van der Waals surface area contributed by atoms with Crippen LogP contribution in [0.3, 0.4) is 0 Å². The molecule has 2 N–H and O–H groups in total. The third-order valence-electron chi connectivity index (χ3n) is 2.60. The van der Waals surface area contributed by atoms with E-state index in [4.69, 9.17) is 10.5 Å². The highest BCUT2D eigenvalue weighted by atomic mass is 16.5. The van der Waals surface area contributed by atoms with Crippen molar-refractivity contribution >= 4 is 5.95 Å². The minimum atomic E-state index is 0.204. The molecule has 0 amide bonds. The van der Waals surface area contributed by atoms with E-state index in [1.54, 1.807) is 17.9 Å². The minimum Gasteiger partial charge on any atom is -0.481 e. The first kappa shape index (κ1) is 12.3. The minimum absolute atomic E-state index is 0.204. The van der Waals surface area contributed by atoms with Gasteiger partial charge in [0, 0.05) is 24.9 Å². The van der Waals surface area contributed by atoms with Crippen LogP contribution in [0.25, 0.3) is 11.3 Å². The number of aromatic nitrogens is 4. The summed E-state index contributed by atoms with van der Waals surface area (Å²) in [5.74, 6) is 0.666. The summed E-state index contributed by atoms with van der Waals surface area (Å²) in [5, 5.41) is 4.44. The maximum Gasteiger partial charge on any atom is 0.223 e. The Morgan fingerprint density at radius 1 is 1.39 bits per heavy atom. The van der Waals surface area contributed by atoms with Crippen LogP contribution in [0.4, 0.5) is 5.95 Å². The number of aryl methyl sites for hydroxylation is 2. The number of hydrogen-bond donors (Lipinski definition) is 1. The molecule has 18 heavy (non-hydrogen) atoms. The normalized spacial score (nSPS) is 10.6. The Bertz CT molecular complexity index is 549. The summed E-state index contributed by atoms with van der Waals surface area (Å²) in [5.41, 5.74) is 8.41. The van der Waals surface area contributed by atoms with Gasteiger partial charge >= 0.3 is 0 Å². The molecular weight excluding hydrogens is 230 g/mol. The zero-order valence-electron chi connectivity index (χ0n) is 10.8. The van der Waals surface area contributed by atoms with Gasteiger partial charge in [0.2, 0.25) is 11.8 Å². The van der Waals surface area contributed by atoms with Gasteiger partial charge in [0.05, 0.1) is 18.5 Å². The molecule has 0 fully saturated rings. The lowest BCUT2D eigenvalue weighted by Crippen LogP contribution is -1.99. The molecule has 0 aliphatic heterocycles. The van der Waals surface area contributed by atoms with Crippen LogP contribution in [0.15, 0.2) is 12.3 Å². The SMILES string of the molecule is CCCc1nn(C)cc1-c1cc(OC)nc(N)n1. The quantitative estimate of drug-likeness (QED) is 0.884. The summed E-state index contributed by atoms with van der Waals surface area (Å²) < 4.78 is 6.89. The second-order valence-corrected chi connectivity index (χ2v) is 4.07. The van der Waals surface area contributed by atoms with Crippen molar-refractivity contribution < 1.29 is 4.74 Å². The van der Waals surface area contributed by atoms with Crippen LogP contribution in [0.5, 0.6) is 5.88 Å². The predicted molar refractivity (Wildman–Crippen MR) is 69.2 cm³/mol. The van der Waals surface area contributed by atoms with Gasteiger partial charge < -0.3 is 10.5 Å².